The van der Waals surface area contributed by atoms with Crippen molar-refractivity contribution in [1.29, 1.82) is 0 Å². The number of anilines is 1. The molecule has 0 saturated heterocycles. The molecule has 1 unspecified atom stereocenters. The smallest absolute Gasteiger partial charge is 0.142 e. The monoisotopic (exact) mass is 361 g/mol. The summed E-state index contributed by atoms with van der Waals surface area (Å²) in [6.45, 7) is 0. The molecule has 1 atom stereocenters. The lowest BCUT2D eigenvalue weighted by Gasteiger charge is -2.21. The first-order valence-corrected chi connectivity index (χ1v) is 9.92. The predicted molar refractivity (Wildman–Crippen MR) is 108 cm³/mol. The Morgan fingerprint density at radius 1 is 1.05 bits per heavy atom. The first-order chi connectivity index (χ1) is 10.7. The van der Waals surface area contributed by atoms with Crippen LogP contribution in [0.25, 0.3) is 4.91 Å². The highest BCUT2D eigenvalue weighted by Gasteiger charge is 2.23. The summed E-state index contributed by atoms with van der Waals surface area (Å²) in [5.74, 6) is 0. The van der Waals surface area contributed by atoms with Crippen LogP contribution in [-0.4, -0.2) is 15.3 Å². The summed E-state index contributed by atoms with van der Waals surface area (Å²) in [6.07, 6.45) is 0. The minimum Gasteiger partial charge on any atom is -0.330 e. The molecule has 0 spiro atoms. The second-order valence-corrected chi connectivity index (χ2v) is 9.43. The maximum Gasteiger partial charge on any atom is 0.142 e. The lowest BCUT2D eigenvalue weighted by atomic mass is 10.2. The minimum atomic E-state index is 0.383. The number of thioether (sulfide) groups is 3. The van der Waals surface area contributed by atoms with Crippen LogP contribution in [0.15, 0.2) is 66.1 Å². The van der Waals surface area contributed by atoms with Crippen LogP contribution in [-0.2, 0) is 0 Å². The zero-order valence-electron chi connectivity index (χ0n) is 12.0. The first kappa shape index (κ1) is 16.0. The van der Waals surface area contributed by atoms with Crippen molar-refractivity contribution in [3.05, 3.63) is 71.6 Å². The van der Waals surface area contributed by atoms with Crippen LogP contribution >= 0.6 is 47.5 Å². The van der Waals surface area contributed by atoms with Gasteiger partial charge < -0.3 is 4.90 Å². The molecular weight excluding hydrogens is 346 g/mol. The Balaban J connectivity index is 1.58. The largest absolute Gasteiger partial charge is 0.330 e. The highest BCUT2D eigenvalue weighted by molar-refractivity contribution is 8.44. The van der Waals surface area contributed by atoms with Crippen molar-refractivity contribution >= 4 is 62.4 Å². The SMILES string of the molecule is CN(C(=S)SC1SC=C(c2ccccc2)S1)c1ccccc1. The van der Waals surface area contributed by atoms with Crippen molar-refractivity contribution < 1.29 is 0 Å². The quantitative estimate of drug-likeness (QED) is 0.624. The van der Waals surface area contributed by atoms with Gasteiger partial charge in [-0.05, 0) is 23.1 Å². The van der Waals surface area contributed by atoms with Gasteiger partial charge in [0, 0.05) is 17.6 Å². The summed E-state index contributed by atoms with van der Waals surface area (Å²) >= 11 is 11.0. The second-order valence-electron chi connectivity index (χ2n) is 4.67. The summed E-state index contributed by atoms with van der Waals surface area (Å²) in [7, 11) is 2.03. The molecule has 0 N–H and O–H groups in total. The van der Waals surface area contributed by atoms with Gasteiger partial charge in [0.2, 0.25) is 0 Å². The van der Waals surface area contributed by atoms with Crippen molar-refractivity contribution in [3.63, 3.8) is 0 Å². The van der Waals surface area contributed by atoms with Crippen LogP contribution in [0.4, 0.5) is 5.69 Å². The number of rotatable bonds is 3. The molecule has 1 heterocycles. The van der Waals surface area contributed by atoms with E-state index < -0.39 is 0 Å². The number of thiocarbonyl (C=S) groups is 1. The van der Waals surface area contributed by atoms with E-state index in [2.05, 4.69) is 46.7 Å². The van der Waals surface area contributed by atoms with E-state index >= 15 is 0 Å². The Bertz CT molecular complexity index is 670. The Kier molecular flexibility index (Phi) is 5.52. The maximum atomic E-state index is 5.59. The first-order valence-electron chi connectivity index (χ1n) is 6.81. The van der Waals surface area contributed by atoms with Crippen LogP contribution in [0.5, 0.6) is 0 Å². The molecule has 112 valence electrons. The topological polar surface area (TPSA) is 3.24 Å². The molecule has 1 nitrogen and oxygen atoms in total. The van der Waals surface area contributed by atoms with E-state index in [1.54, 1.807) is 11.8 Å². The standard InChI is InChI=1S/C17H15NS4/c1-18(14-10-6-3-7-11-14)16(19)22-17-20-12-15(21-17)13-8-4-2-5-9-13/h2-12,17H,1H3. The van der Waals surface area contributed by atoms with Crippen LogP contribution in [0, 0.1) is 0 Å². The molecule has 3 rings (SSSR count). The molecular formula is C17H15NS4. The van der Waals surface area contributed by atoms with Gasteiger partial charge in [0.15, 0.2) is 0 Å². The summed E-state index contributed by atoms with van der Waals surface area (Å²) < 4.78 is 1.28. The van der Waals surface area contributed by atoms with Crippen molar-refractivity contribution in [2.75, 3.05) is 11.9 Å². The van der Waals surface area contributed by atoms with E-state index in [0.717, 1.165) is 10.0 Å². The lowest BCUT2D eigenvalue weighted by molar-refractivity contribution is 1.31. The number of benzene rings is 2. The average molecular weight is 362 g/mol. The summed E-state index contributed by atoms with van der Waals surface area (Å²) in [5, 5.41) is 2.24. The molecule has 2 aromatic rings. The third-order valence-electron chi connectivity index (χ3n) is 3.18. The van der Waals surface area contributed by atoms with E-state index in [9.17, 15) is 0 Å². The van der Waals surface area contributed by atoms with Crippen molar-refractivity contribution in [1.82, 2.24) is 0 Å². The Labute approximate surface area is 149 Å². The second kappa shape index (κ2) is 7.59. The Morgan fingerprint density at radius 2 is 1.68 bits per heavy atom. The van der Waals surface area contributed by atoms with E-state index in [1.807, 2.05) is 54.8 Å². The molecule has 0 radical (unpaired) electrons. The van der Waals surface area contributed by atoms with Gasteiger partial charge in [-0.15, -0.1) is 11.8 Å². The molecule has 0 saturated carbocycles. The molecule has 1 aliphatic rings. The molecule has 2 aromatic carbocycles. The fourth-order valence-electron chi connectivity index (χ4n) is 1.99. The zero-order chi connectivity index (χ0) is 15.4. The molecule has 0 amide bonds. The average Bonchev–Trinajstić information content (AvgIpc) is 3.04. The summed E-state index contributed by atoms with van der Waals surface area (Å²) in [5.41, 5.74) is 2.41. The van der Waals surface area contributed by atoms with Gasteiger partial charge in [-0.3, -0.25) is 0 Å². The van der Waals surface area contributed by atoms with Gasteiger partial charge in [-0.2, -0.15) is 0 Å². The third-order valence-corrected chi connectivity index (χ3v) is 7.78. The summed E-state index contributed by atoms with van der Waals surface area (Å²) in [6, 6.07) is 20.8. The number of para-hydroxylation sites is 1. The number of hydrogen-bond donors (Lipinski definition) is 0. The Hall–Kier alpha value is -0.880. The molecule has 1 aliphatic heterocycles. The number of hydrogen-bond acceptors (Lipinski definition) is 4. The number of nitrogens with zero attached hydrogens (tertiary/aromatic N) is 1. The molecule has 0 bridgehead atoms. The van der Waals surface area contributed by atoms with E-state index in [4.69, 9.17) is 12.2 Å². The normalized spacial score (nSPS) is 17.1. The van der Waals surface area contributed by atoms with Crippen molar-refractivity contribution in [3.8, 4) is 0 Å². The fourth-order valence-corrected chi connectivity index (χ4v) is 6.55. The highest BCUT2D eigenvalue weighted by Crippen LogP contribution is 2.50. The van der Waals surface area contributed by atoms with E-state index in [0.29, 0.717) is 3.91 Å². The van der Waals surface area contributed by atoms with Gasteiger partial charge in [0.05, 0.1) is 0 Å². The molecule has 22 heavy (non-hydrogen) atoms. The fraction of sp³-hybridized carbons (Fsp3) is 0.118. The van der Waals surface area contributed by atoms with Gasteiger partial charge in [-0.25, -0.2) is 0 Å². The van der Waals surface area contributed by atoms with Gasteiger partial charge in [0.1, 0.15) is 8.23 Å². The molecule has 0 aliphatic carbocycles. The third kappa shape index (κ3) is 3.90. The van der Waals surface area contributed by atoms with Gasteiger partial charge in [-0.1, -0.05) is 84.3 Å². The van der Waals surface area contributed by atoms with Crippen molar-refractivity contribution in [2.45, 2.75) is 3.91 Å². The molecule has 0 aromatic heterocycles. The Morgan fingerprint density at radius 3 is 2.36 bits per heavy atom. The van der Waals surface area contributed by atoms with Gasteiger partial charge in [0.25, 0.3) is 0 Å². The van der Waals surface area contributed by atoms with E-state index in [1.165, 1.54) is 10.5 Å². The van der Waals surface area contributed by atoms with Crippen LogP contribution < -0.4 is 4.90 Å². The minimum absolute atomic E-state index is 0.383. The van der Waals surface area contributed by atoms with E-state index in [-0.39, 0.29) is 0 Å². The van der Waals surface area contributed by atoms with Crippen LogP contribution in [0.3, 0.4) is 0 Å². The van der Waals surface area contributed by atoms with Crippen LogP contribution in [0.1, 0.15) is 5.56 Å². The molecule has 5 heteroatoms. The summed E-state index contributed by atoms with van der Waals surface area (Å²) in [4.78, 5) is 3.40. The predicted octanol–water partition coefficient (Wildman–Crippen LogP) is 5.90. The van der Waals surface area contributed by atoms with Gasteiger partial charge >= 0.3 is 0 Å². The maximum absolute atomic E-state index is 5.59. The highest BCUT2D eigenvalue weighted by atomic mass is 32.3. The van der Waals surface area contributed by atoms with Crippen LogP contribution in [0.2, 0.25) is 0 Å². The molecule has 0 fully saturated rings. The zero-order valence-corrected chi connectivity index (χ0v) is 15.3. The lowest BCUT2D eigenvalue weighted by Crippen LogP contribution is -2.22. The van der Waals surface area contributed by atoms with Crippen molar-refractivity contribution in [2.24, 2.45) is 0 Å².